The topological polar surface area (TPSA) is 32.3 Å². The first-order chi connectivity index (χ1) is 9.60. The van der Waals surface area contributed by atoms with Crippen molar-refractivity contribution in [2.75, 3.05) is 20.1 Å². The van der Waals surface area contributed by atoms with E-state index in [9.17, 15) is 4.79 Å². The monoisotopic (exact) mass is 328 g/mol. The molecule has 1 N–H and O–H groups in total. The molecule has 0 bridgehead atoms. The Balaban J connectivity index is 0.00000220. The van der Waals surface area contributed by atoms with Gasteiger partial charge in [0.25, 0.3) is 5.91 Å². The van der Waals surface area contributed by atoms with Crippen LogP contribution in [0.2, 0.25) is 0 Å². The fourth-order valence-electron chi connectivity index (χ4n) is 2.53. The van der Waals surface area contributed by atoms with Crippen LogP contribution in [0.3, 0.4) is 0 Å². The highest BCUT2D eigenvalue weighted by atomic mass is 35.5. The van der Waals surface area contributed by atoms with Crippen molar-refractivity contribution in [1.29, 1.82) is 0 Å². The fraction of sp³-hybridized carbons (Fsp3) is 0.562. The van der Waals surface area contributed by atoms with E-state index in [1.807, 2.05) is 35.8 Å². The summed E-state index contributed by atoms with van der Waals surface area (Å²) in [5, 5.41) is 3.84. The molecule has 1 amide bonds. The van der Waals surface area contributed by atoms with Gasteiger partial charge >= 0.3 is 0 Å². The number of benzene rings is 1. The standard InChI is InChI=1S/C16H24N2OS.ClH/c1-12(2)20-15-8-6-13(7-9-15)16(19)18-10-4-5-14(11-18)17-3;/h6-9,12,14,17H,4-5,10-11H2,1-3H3;1H. The zero-order chi connectivity index (χ0) is 14.5. The Morgan fingerprint density at radius 2 is 2.00 bits per heavy atom. The molecule has 1 atom stereocenters. The van der Waals surface area contributed by atoms with Crippen LogP contribution >= 0.6 is 24.2 Å². The van der Waals surface area contributed by atoms with Gasteiger partial charge in [0.1, 0.15) is 0 Å². The van der Waals surface area contributed by atoms with Gasteiger partial charge < -0.3 is 10.2 Å². The SMILES string of the molecule is CNC1CCCN(C(=O)c2ccc(SC(C)C)cc2)C1.Cl. The summed E-state index contributed by atoms with van der Waals surface area (Å²) in [6, 6.07) is 8.45. The second kappa shape index (κ2) is 8.66. The summed E-state index contributed by atoms with van der Waals surface area (Å²) >= 11 is 1.82. The molecule has 1 unspecified atom stereocenters. The number of nitrogens with zero attached hydrogens (tertiary/aromatic N) is 1. The van der Waals surface area contributed by atoms with Crippen molar-refractivity contribution >= 4 is 30.1 Å². The number of likely N-dealkylation sites (tertiary alicyclic amines) is 1. The van der Waals surface area contributed by atoms with Crippen molar-refractivity contribution in [2.45, 2.75) is 42.9 Å². The Morgan fingerprint density at radius 1 is 1.33 bits per heavy atom. The van der Waals surface area contributed by atoms with E-state index in [0.717, 1.165) is 31.5 Å². The van der Waals surface area contributed by atoms with E-state index in [2.05, 4.69) is 31.3 Å². The van der Waals surface area contributed by atoms with Gasteiger partial charge in [-0.25, -0.2) is 0 Å². The van der Waals surface area contributed by atoms with Gasteiger partial charge in [0, 0.05) is 34.8 Å². The summed E-state index contributed by atoms with van der Waals surface area (Å²) in [6.07, 6.45) is 2.24. The van der Waals surface area contributed by atoms with Gasteiger partial charge in [0.2, 0.25) is 0 Å². The minimum absolute atomic E-state index is 0. The van der Waals surface area contributed by atoms with Crippen molar-refractivity contribution in [1.82, 2.24) is 10.2 Å². The first kappa shape index (κ1) is 18.3. The van der Waals surface area contributed by atoms with Gasteiger partial charge in [-0.15, -0.1) is 24.2 Å². The summed E-state index contributed by atoms with van der Waals surface area (Å²) in [6.45, 7) is 6.04. The minimum Gasteiger partial charge on any atom is -0.337 e. The lowest BCUT2D eigenvalue weighted by Gasteiger charge is -2.32. The number of likely N-dealkylation sites (N-methyl/N-ethyl adjacent to an activating group) is 1. The molecule has 3 nitrogen and oxygen atoms in total. The van der Waals surface area contributed by atoms with Crippen LogP contribution in [0.5, 0.6) is 0 Å². The summed E-state index contributed by atoms with van der Waals surface area (Å²) < 4.78 is 0. The maximum atomic E-state index is 12.5. The Morgan fingerprint density at radius 3 is 2.57 bits per heavy atom. The molecule has 1 aromatic rings. The molecule has 0 aliphatic carbocycles. The molecule has 1 saturated heterocycles. The highest BCUT2D eigenvalue weighted by Gasteiger charge is 2.23. The zero-order valence-electron chi connectivity index (χ0n) is 13.0. The van der Waals surface area contributed by atoms with E-state index in [0.29, 0.717) is 11.3 Å². The molecule has 0 spiro atoms. The smallest absolute Gasteiger partial charge is 0.253 e. The summed E-state index contributed by atoms with van der Waals surface area (Å²) in [5.74, 6) is 0.158. The third-order valence-corrected chi connectivity index (χ3v) is 4.61. The maximum Gasteiger partial charge on any atom is 0.253 e. The van der Waals surface area contributed by atoms with E-state index in [4.69, 9.17) is 0 Å². The minimum atomic E-state index is 0. The maximum absolute atomic E-state index is 12.5. The second-order valence-electron chi connectivity index (χ2n) is 5.57. The first-order valence-corrected chi connectivity index (χ1v) is 8.21. The Hall–Kier alpha value is -0.710. The van der Waals surface area contributed by atoms with Crippen LogP contribution in [0.25, 0.3) is 0 Å². The van der Waals surface area contributed by atoms with E-state index < -0.39 is 0 Å². The second-order valence-corrected chi connectivity index (χ2v) is 7.22. The molecular weight excluding hydrogens is 304 g/mol. The molecule has 1 aliphatic heterocycles. The van der Waals surface area contributed by atoms with Gasteiger partial charge in [0.15, 0.2) is 0 Å². The summed E-state index contributed by atoms with van der Waals surface area (Å²) in [5.41, 5.74) is 0.801. The molecule has 2 rings (SSSR count). The van der Waals surface area contributed by atoms with Crippen molar-refractivity contribution in [3.63, 3.8) is 0 Å². The molecule has 1 aliphatic rings. The molecule has 1 heterocycles. The molecule has 0 radical (unpaired) electrons. The molecule has 5 heteroatoms. The molecule has 1 aromatic carbocycles. The highest BCUT2D eigenvalue weighted by Crippen LogP contribution is 2.23. The van der Waals surface area contributed by atoms with Crippen molar-refractivity contribution < 1.29 is 4.79 Å². The number of carbonyl (C=O) groups excluding carboxylic acids is 1. The Kier molecular flexibility index (Phi) is 7.57. The van der Waals surface area contributed by atoms with Crippen LogP contribution in [0.4, 0.5) is 0 Å². The van der Waals surface area contributed by atoms with Gasteiger partial charge in [-0.05, 0) is 44.2 Å². The fourth-order valence-corrected chi connectivity index (χ4v) is 3.37. The average Bonchev–Trinajstić information content (AvgIpc) is 2.47. The van der Waals surface area contributed by atoms with Crippen LogP contribution in [-0.2, 0) is 0 Å². The quantitative estimate of drug-likeness (QED) is 0.859. The predicted molar refractivity (Wildman–Crippen MR) is 92.7 cm³/mol. The number of nitrogens with one attached hydrogen (secondary N) is 1. The molecule has 0 saturated carbocycles. The average molecular weight is 329 g/mol. The molecule has 118 valence electrons. The lowest BCUT2D eigenvalue weighted by Crippen LogP contribution is -2.46. The van der Waals surface area contributed by atoms with Gasteiger partial charge in [-0.1, -0.05) is 13.8 Å². The molecule has 0 aromatic heterocycles. The van der Waals surface area contributed by atoms with E-state index in [-0.39, 0.29) is 18.3 Å². The van der Waals surface area contributed by atoms with Gasteiger partial charge in [-0.2, -0.15) is 0 Å². The zero-order valence-corrected chi connectivity index (χ0v) is 14.6. The number of hydrogen-bond donors (Lipinski definition) is 1. The van der Waals surface area contributed by atoms with Crippen LogP contribution in [0, 0.1) is 0 Å². The normalized spacial score (nSPS) is 18.5. The number of carbonyl (C=O) groups is 1. The lowest BCUT2D eigenvalue weighted by atomic mass is 10.0. The van der Waals surface area contributed by atoms with Crippen LogP contribution in [0.15, 0.2) is 29.2 Å². The third kappa shape index (κ3) is 5.20. The number of amides is 1. The van der Waals surface area contributed by atoms with Crippen LogP contribution in [0.1, 0.15) is 37.0 Å². The van der Waals surface area contributed by atoms with Crippen molar-refractivity contribution in [3.8, 4) is 0 Å². The molecular formula is C16H25ClN2OS. The number of hydrogen-bond acceptors (Lipinski definition) is 3. The lowest BCUT2D eigenvalue weighted by molar-refractivity contribution is 0.0698. The van der Waals surface area contributed by atoms with E-state index in [1.54, 1.807) is 0 Å². The van der Waals surface area contributed by atoms with E-state index >= 15 is 0 Å². The molecule has 1 fully saturated rings. The van der Waals surface area contributed by atoms with Crippen molar-refractivity contribution in [2.24, 2.45) is 0 Å². The number of halogens is 1. The Labute approximate surface area is 138 Å². The van der Waals surface area contributed by atoms with Gasteiger partial charge in [0.05, 0.1) is 0 Å². The summed E-state index contributed by atoms with van der Waals surface area (Å²) in [4.78, 5) is 15.7. The molecule has 21 heavy (non-hydrogen) atoms. The van der Waals surface area contributed by atoms with Crippen LogP contribution in [-0.4, -0.2) is 42.2 Å². The first-order valence-electron chi connectivity index (χ1n) is 7.33. The van der Waals surface area contributed by atoms with E-state index in [1.165, 1.54) is 4.90 Å². The predicted octanol–water partition coefficient (Wildman–Crippen LogP) is 3.43. The Bertz CT molecular complexity index is 450. The van der Waals surface area contributed by atoms with Crippen molar-refractivity contribution in [3.05, 3.63) is 29.8 Å². The number of rotatable bonds is 4. The number of piperidine rings is 1. The largest absolute Gasteiger partial charge is 0.337 e. The summed E-state index contributed by atoms with van der Waals surface area (Å²) in [7, 11) is 1.97. The number of thioether (sulfide) groups is 1. The highest BCUT2D eigenvalue weighted by molar-refractivity contribution is 7.99. The van der Waals surface area contributed by atoms with Crippen LogP contribution < -0.4 is 5.32 Å². The third-order valence-electron chi connectivity index (χ3n) is 3.59. The van der Waals surface area contributed by atoms with Gasteiger partial charge in [-0.3, -0.25) is 4.79 Å².